The first kappa shape index (κ1) is 12.7. The Kier molecular flexibility index (Phi) is 3.56. The van der Waals surface area contributed by atoms with Crippen molar-refractivity contribution in [3.05, 3.63) is 30.1 Å². The Labute approximate surface area is 109 Å². The number of aromatic nitrogens is 3. The quantitative estimate of drug-likeness (QED) is 0.875. The topological polar surface area (TPSA) is 97.2 Å². The van der Waals surface area contributed by atoms with Gasteiger partial charge in [0.15, 0.2) is 5.82 Å². The lowest BCUT2D eigenvalue weighted by atomic mass is 10.2. The van der Waals surface area contributed by atoms with E-state index in [1.165, 1.54) is 7.11 Å². The maximum Gasteiger partial charge on any atom is 0.409 e. The van der Waals surface area contributed by atoms with Crippen molar-refractivity contribution in [2.45, 2.75) is 6.92 Å². The predicted octanol–water partition coefficient (Wildman–Crippen LogP) is 1.95. The van der Waals surface area contributed by atoms with Crippen LogP contribution in [-0.2, 0) is 0 Å². The van der Waals surface area contributed by atoms with Crippen LogP contribution in [0.5, 0.6) is 6.01 Å². The van der Waals surface area contributed by atoms with Crippen LogP contribution in [0.2, 0.25) is 0 Å². The summed E-state index contributed by atoms with van der Waals surface area (Å²) in [5.41, 5.74) is 1.23. The number of amides is 1. The molecule has 0 radical (unpaired) electrons. The Balaban J connectivity index is 2.31. The molecular weight excluding hydrogens is 248 g/mol. The van der Waals surface area contributed by atoms with Gasteiger partial charge in [-0.15, -0.1) is 0 Å². The fourth-order valence-electron chi connectivity index (χ4n) is 1.50. The molecule has 0 unspecified atom stereocenters. The lowest BCUT2D eigenvalue weighted by Gasteiger charge is -2.05. The number of aryl methyl sites for hydroxylation is 1. The minimum atomic E-state index is -1.11. The average molecular weight is 260 g/mol. The Bertz CT molecular complexity index is 598. The third-order valence-electron chi connectivity index (χ3n) is 2.30. The van der Waals surface area contributed by atoms with E-state index in [-0.39, 0.29) is 6.01 Å². The molecule has 0 saturated carbocycles. The van der Waals surface area contributed by atoms with Crippen LogP contribution < -0.4 is 10.1 Å². The van der Waals surface area contributed by atoms with Crippen LogP contribution in [0.1, 0.15) is 5.82 Å². The van der Waals surface area contributed by atoms with Crippen LogP contribution in [-0.4, -0.2) is 33.3 Å². The molecule has 2 N–H and O–H groups in total. The first-order valence-corrected chi connectivity index (χ1v) is 5.45. The summed E-state index contributed by atoms with van der Waals surface area (Å²) in [7, 11) is 1.48. The number of nitrogens with one attached hydrogen (secondary N) is 1. The molecule has 1 aromatic heterocycles. The van der Waals surface area contributed by atoms with Crippen molar-refractivity contribution in [1.82, 2.24) is 15.0 Å². The Morgan fingerprint density at radius 3 is 2.47 bits per heavy atom. The first-order chi connectivity index (χ1) is 9.08. The Morgan fingerprint density at radius 1 is 1.21 bits per heavy atom. The highest BCUT2D eigenvalue weighted by molar-refractivity contribution is 5.83. The number of benzene rings is 1. The van der Waals surface area contributed by atoms with Crippen molar-refractivity contribution in [3.63, 3.8) is 0 Å². The molecule has 0 fully saturated rings. The number of rotatable bonds is 3. The Hall–Kier alpha value is -2.70. The SMILES string of the molecule is COc1nc(C)nc(-c2ccc(NC(=O)O)cc2)n1. The maximum absolute atomic E-state index is 10.5. The summed E-state index contributed by atoms with van der Waals surface area (Å²) in [5, 5.41) is 10.9. The second-order valence-electron chi connectivity index (χ2n) is 3.70. The maximum atomic E-state index is 10.5. The fourth-order valence-corrected chi connectivity index (χ4v) is 1.50. The van der Waals surface area contributed by atoms with E-state index < -0.39 is 6.09 Å². The number of methoxy groups -OCH3 is 1. The van der Waals surface area contributed by atoms with Crippen molar-refractivity contribution in [2.75, 3.05) is 12.4 Å². The summed E-state index contributed by atoms with van der Waals surface area (Å²) in [6.45, 7) is 1.74. The Morgan fingerprint density at radius 2 is 1.89 bits per heavy atom. The van der Waals surface area contributed by atoms with Crippen LogP contribution in [0.4, 0.5) is 10.5 Å². The zero-order valence-corrected chi connectivity index (χ0v) is 10.4. The van der Waals surface area contributed by atoms with E-state index in [2.05, 4.69) is 20.3 Å². The third-order valence-corrected chi connectivity index (χ3v) is 2.30. The summed E-state index contributed by atoms with van der Waals surface area (Å²) in [6.07, 6.45) is -1.11. The van der Waals surface area contributed by atoms with E-state index in [1.807, 2.05) is 0 Å². The lowest BCUT2D eigenvalue weighted by Crippen LogP contribution is -2.06. The third kappa shape index (κ3) is 3.15. The van der Waals surface area contributed by atoms with Gasteiger partial charge in [0.25, 0.3) is 0 Å². The largest absolute Gasteiger partial charge is 0.467 e. The standard InChI is InChI=1S/C12H12N4O3/c1-7-13-10(16-11(14-7)19-2)8-3-5-9(6-4-8)15-12(17)18/h3-6,15H,1-2H3,(H,17,18). The van der Waals surface area contributed by atoms with Gasteiger partial charge in [0.05, 0.1) is 7.11 Å². The van der Waals surface area contributed by atoms with Gasteiger partial charge in [-0.25, -0.2) is 9.78 Å². The minimum Gasteiger partial charge on any atom is -0.467 e. The van der Waals surface area contributed by atoms with Crippen molar-refractivity contribution >= 4 is 11.8 Å². The molecular formula is C12H12N4O3. The molecule has 1 heterocycles. The summed E-state index contributed by atoms with van der Waals surface area (Å²) in [5.74, 6) is 1.03. The number of hydrogen-bond donors (Lipinski definition) is 2. The van der Waals surface area contributed by atoms with Gasteiger partial charge < -0.3 is 9.84 Å². The van der Waals surface area contributed by atoms with Crippen LogP contribution in [0.15, 0.2) is 24.3 Å². The summed E-state index contributed by atoms with van der Waals surface area (Å²) in [4.78, 5) is 22.8. The monoisotopic (exact) mass is 260 g/mol. The summed E-state index contributed by atoms with van der Waals surface area (Å²) < 4.78 is 4.98. The number of nitrogens with zero attached hydrogens (tertiary/aromatic N) is 3. The highest BCUT2D eigenvalue weighted by atomic mass is 16.5. The molecule has 1 aromatic carbocycles. The molecule has 0 saturated heterocycles. The fraction of sp³-hybridized carbons (Fsp3) is 0.167. The van der Waals surface area contributed by atoms with Gasteiger partial charge in [-0.1, -0.05) is 0 Å². The summed E-state index contributed by atoms with van der Waals surface area (Å²) in [6, 6.07) is 6.96. The van der Waals surface area contributed by atoms with Crippen molar-refractivity contribution in [3.8, 4) is 17.4 Å². The highest BCUT2D eigenvalue weighted by Gasteiger charge is 2.07. The highest BCUT2D eigenvalue weighted by Crippen LogP contribution is 2.19. The van der Waals surface area contributed by atoms with Gasteiger partial charge in [-0.2, -0.15) is 9.97 Å². The number of carboxylic acid groups (broad SMARTS) is 1. The van der Waals surface area contributed by atoms with E-state index in [4.69, 9.17) is 9.84 Å². The van der Waals surface area contributed by atoms with Crippen LogP contribution in [0.3, 0.4) is 0 Å². The second kappa shape index (κ2) is 5.30. The van der Waals surface area contributed by atoms with Gasteiger partial charge in [0.2, 0.25) is 0 Å². The van der Waals surface area contributed by atoms with Gasteiger partial charge in [0.1, 0.15) is 5.82 Å². The normalized spacial score (nSPS) is 10.0. The predicted molar refractivity (Wildman–Crippen MR) is 68.2 cm³/mol. The molecule has 0 aliphatic heterocycles. The average Bonchev–Trinajstić information content (AvgIpc) is 2.38. The number of ether oxygens (including phenoxy) is 1. The summed E-state index contributed by atoms with van der Waals surface area (Å²) >= 11 is 0. The van der Waals surface area contributed by atoms with Crippen LogP contribution in [0.25, 0.3) is 11.4 Å². The van der Waals surface area contributed by atoms with E-state index in [0.29, 0.717) is 17.3 Å². The second-order valence-corrected chi connectivity index (χ2v) is 3.70. The zero-order valence-electron chi connectivity index (χ0n) is 10.4. The van der Waals surface area contributed by atoms with E-state index >= 15 is 0 Å². The molecule has 2 aromatic rings. The molecule has 0 aliphatic rings. The molecule has 1 amide bonds. The lowest BCUT2D eigenvalue weighted by molar-refractivity contribution is 0.210. The minimum absolute atomic E-state index is 0.246. The molecule has 0 aliphatic carbocycles. The number of carbonyl (C=O) groups is 1. The number of anilines is 1. The van der Waals surface area contributed by atoms with Gasteiger partial charge in [0, 0.05) is 11.3 Å². The molecule has 7 heteroatoms. The molecule has 0 atom stereocenters. The van der Waals surface area contributed by atoms with Gasteiger partial charge in [-0.05, 0) is 31.2 Å². The first-order valence-electron chi connectivity index (χ1n) is 5.45. The molecule has 0 bridgehead atoms. The van der Waals surface area contributed by atoms with Crippen molar-refractivity contribution in [1.29, 1.82) is 0 Å². The van der Waals surface area contributed by atoms with Crippen molar-refractivity contribution in [2.24, 2.45) is 0 Å². The molecule has 19 heavy (non-hydrogen) atoms. The van der Waals surface area contributed by atoms with Gasteiger partial charge in [-0.3, -0.25) is 5.32 Å². The molecule has 2 rings (SSSR count). The number of hydrogen-bond acceptors (Lipinski definition) is 5. The molecule has 7 nitrogen and oxygen atoms in total. The van der Waals surface area contributed by atoms with Crippen molar-refractivity contribution < 1.29 is 14.6 Å². The molecule has 98 valence electrons. The van der Waals surface area contributed by atoms with Crippen LogP contribution in [0, 0.1) is 6.92 Å². The van der Waals surface area contributed by atoms with E-state index in [1.54, 1.807) is 31.2 Å². The smallest absolute Gasteiger partial charge is 0.409 e. The van der Waals surface area contributed by atoms with Gasteiger partial charge >= 0.3 is 12.1 Å². The zero-order chi connectivity index (χ0) is 13.8. The molecule has 0 spiro atoms. The van der Waals surface area contributed by atoms with E-state index in [0.717, 1.165) is 5.56 Å². The van der Waals surface area contributed by atoms with E-state index in [9.17, 15) is 4.79 Å². The van der Waals surface area contributed by atoms with Crippen LogP contribution >= 0.6 is 0 Å².